The van der Waals surface area contributed by atoms with Crippen molar-refractivity contribution in [2.75, 3.05) is 33.0 Å². The van der Waals surface area contributed by atoms with Crippen LogP contribution in [0.3, 0.4) is 0 Å². The Morgan fingerprint density at radius 3 is 2.86 bits per heavy atom. The summed E-state index contributed by atoms with van der Waals surface area (Å²) in [7, 11) is 0. The molecule has 1 aliphatic heterocycles. The number of nitrogens with one attached hydrogen (secondary N) is 1. The van der Waals surface area contributed by atoms with E-state index in [0.717, 1.165) is 43.6 Å². The molecule has 1 N–H and O–H groups in total. The van der Waals surface area contributed by atoms with Crippen LogP contribution in [0.15, 0.2) is 18.2 Å². The molecule has 21 heavy (non-hydrogen) atoms. The Bertz CT molecular complexity index is 459. The molecule has 0 saturated heterocycles. The fourth-order valence-electron chi connectivity index (χ4n) is 2.47. The van der Waals surface area contributed by atoms with Crippen LogP contribution in [0.2, 0.25) is 0 Å². The van der Waals surface area contributed by atoms with Gasteiger partial charge in [-0.05, 0) is 56.3 Å². The van der Waals surface area contributed by atoms with E-state index in [1.807, 2.05) is 6.07 Å². The number of rotatable bonds is 8. The van der Waals surface area contributed by atoms with Crippen molar-refractivity contribution in [3.8, 4) is 11.5 Å². The van der Waals surface area contributed by atoms with E-state index in [2.05, 4.69) is 24.4 Å². The minimum atomic E-state index is 0.309. The normalized spacial score (nSPS) is 18.5. The summed E-state index contributed by atoms with van der Waals surface area (Å²) >= 11 is 0. The number of fused-ring (bicyclic) bond motifs is 1. The van der Waals surface area contributed by atoms with Crippen molar-refractivity contribution >= 4 is 0 Å². The summed E-state index contributed by atoms with van der Waals surface area (Å²) in [5.74, 6) is 2.57. The molecule has 1 unspecified atom stereocenters. The molecule has 4 nitrogen and oxygen atoms in total. The molecule has 0 radical (unpaired) electrons. The second-order valence-electron chi connectivity index (χ2n) is 5.95. The SMILES string of the molecule is CC(NCCCOCC1CC1)c1ccc2c(c1)OCCO2. The predicted octanol–water partition coefficient (Wildman–Crippen LogP) is 2.93. The van der Waals surface area contributed by atoms with Gasteiger partial charge < -0.3 is 19.5 Å². The molecule has 1 fully saturated rings. The number of hydrogen-bond donors (Lipinski definition) is 1. The van der Waals surface area contributed by atoms with Gasteiger partial charge in [0.05, 0.1) is 0 Å². The van der Waals surface area contributed by atoms with Crippen LogP contribution in [0.25, 0.3) is 0 Å². The van der Waals surface area contributed by atoms with Crippen molar-refractivity contribution < 1.29 is 14.2 Å². The molecule has 116 valence electrons. The average Bonchev–Trinajstić information content (AvgIpc) is 3.34. The molecule has 1 saturated carbocycles. The van der Waals surface area contributed by atoms with Gasteiger partial charge in [0.2, 0.25) is 0 Å². The Morgan fingerprint density at radius 2 is 2.05 bits per heavy atom. The van der Waals surface area contributed by atoms with E-state index in [0.29, 0.717) is 19.3 Å². The highest BCUT2D eigenvalue weighted by Crippen LogP contribution is 2.32. The third kappa shape index (κ3) is 4.35. The van der Waals surface area contributed by atoms with E-state index in [-0.39, 0.29) is 0 Å². The van der Waals surface area contributed by atoms with E-state index in [1.165, 1.54) is 18.4 Å². The molecule has 3 rings (SSSR count). The zero-order chi connectivity index (χ0) is 14.5. The fourth-order valence-corrected chi connectivity index (χ4v) is 2.47. The first-order valence-electron chi connectivity index (χ1n) is 8.03. The Morgan fingerprint density at radius 1 is 1.24 bits per heavy atom. The first-order valence-corrected chi connectivity index (χ1v) is 8.03. The summed E-state index contributed by atoms with van der Waals surface area (Å²) in [6.07, 6.45) is 3.78. The minimum absolute atomic E-state index is 0.309. The third-order valence-electron chi connectivity index (χ3n) is 4.03. The third-order valence-corrected chi connectivity index (χ3v) is 4.03. The van der Waals surface area contributed by atoms with Gasteiger partial charge in [0, 0.05) is 19.3 Å². The molecule has 0 bridgehead atoms. The maximum Gasteiger partial charge on any atom is 0.161 e. The highest BCUT2D eigenvalue weighted by molar-refractivity contribution is 5.44. The lowest BCUT2D eigenvalue weighted by Gasteiger charge is -2.21. The molecule has 0 aromatic heterocycles. The largest absolute Gasteiger partial charge is 0.486 e. The summed E-state index contributed by atoms with van der Waals surface area (Å²) < 4.78 is 16.8. The molecular formula is C17H25NO3. The second-order valence-corrected chi connectivity index (χ2v) is 5.95. The van der Waals surface area contributed by atoms with E-state index in [9.17, 15) is 0 Å². The lowest BCUT2D eigenvalue weighted by Crippen LogP contribution is -2.22. The van der Waals surface area contributed by atoms with Gasteiger partial charge in [-0.2, -0.15) is 0 Å². The van der Waals surface area contributed by atoms with Crippen LogP contribution in [-0.2, 0) is 4.74 Å². The molecule has 1 aromatic rings. The molecule has 1 aliphatic carbocycles. The van der Waals surface area contributed by atoms with Crippen LogP contribution in [-0.4, -0.2) is 33.0 Å². The van der Waals surface area contributed by atoms with Crippen molar-refractivity contribution in [1.82, 2.24) is 5.32 Å². The topological polar surface area (TPSA) is 39.7 Å². The standard InChI is InChI=1S/C17H25NO3/c1-13(18-7-2-8-19-12-14-3-4-14)15-5-6-16-17(11-15)21-10-9-20-16/h5-6,11,13-14,18H,2-4,7-10,12H2,1H3. The number of hydrogen-bond acceptors (Lipinski definition) is 4. The smallest absolute Gasteiger partial charge is 0.161 e. The second kappa shape index (κ2) is 7.14. The zero-order valence-corrected chi connectivity index (χ0v) is 12.8. The van der Waals surface area contributed by atoms with Crippen LogP contribution < -0.4 is 14.8 Å². The van der Waals surface area contributed by atoms with Gasteiger partial charge >= 0.3 is 0 Å². The molecule has 4 heteroatoms. The Kier molecular flexibility index (Phi) is 4.99. The fraction of sp³-hybridized carbons (Fsp3) is 0.647. The lowest BCUT2D eigenvalue weighted by atomic mass is 10.1. The average molecular weight is 291 g/mol. The maximum atomic E-state index is 5.64. The van der Waals surface area contributed by atoms with Crippen molar-refractivity contribution in [2.45, 2.75) is 32.2 Å². The van der Waals surface area contributed by atoms with Crippen molar-refractivity contribution in [3.63, 3.8) is 0 Å². The molecule has 0 amide bonds. The van der Waals surface area contributed by atoms with Crippen LogP contribution in [0.1, 0.15) is 37.8 Å². The number of ether oxygens (including phenoxy) is 3. The minimum Gasteiger partial charge on any atom is -0.486 e. The Hall–Kier alpha value is -1.26. The highest BCUT2D eigenvalue weighted by atomic mass is 16.6. The Balaban J connectivity index is 1.38. The van der Waals surface area contributed by atoms with E-state index >= 15 is 0 Å². The molecule has 1 aromatic carbocycles. The molecule has 2 aliphatic rings. The molecule has 0 spiro atoms. The summed E-state index contributed by atoms with van der Waals surface area (Å²) in [6.45, 7) is 6.24. The summed E-state index contributed by atoms with van der Waals surface area (Å²) in [5, 5.41) is 3.53. The summed E-state index contributed by atoms with van der Waals surface area (Å²) in [4.78, 5) is 0. The lowest BCUT2D eigenvalue weighted by molar-refractivity contribution is 0.121. The highest BCUT2D eigenvalue weighted by Gasteiger charge is 2.20. The van der Waals surface area contributed by atoms with Crippen LogP contribution in [0, 0.1) is 5.92 Å². The van der Waals surface area contributed by atoms with Gasteiger partial charge in [-0.15, -0.1) is 0 Å². The van der Waals surface area contributed by atoms with Gasteiger partial charge in [0.1, 0.15) is 13.2 Å². The summed E-state index contributed by atoms with van der Waals surface area (Å²) in [5.41, 5.74) is 1.23. The molecule has 1 heterocycles. The van der Waals surface area contributed by atoms with Crippen molar-refractivity contribution in [2.24, 2.45) is 5.92 Å². The van der Waals surface area contributed by atoms with E-state index in [4.69, 9.17) is 14.2 Å². The number of benzene rings is 1. The van der Waals surface area contributed by atoms with Gasteiger partial charge in [0.15, 0.2) is 11.5 Å². The Labute approximate surface area is 126 Å². The monoisotopic (exact) mass is 291 g/mol. The van der Waals surface area contributed by atoms with Crippen LogP contribution in [0.4, 0.5) is 0 Å². The first-order chi connectivity index (χ1) is 10.3. The van der Waals surface area contributed by atoms with Gasteiger partial charge in [0.25, 0.3) is 0 Å². The van der Waals surface area contributed by atoms with Crippen LogP contribution >= 0.6 is 0 Å². The predicted molar refractivity (Wildman–Crippen MR) is 82.0 cm³/mol. The van der Waals surface area contributed by atoms with Gasteiger partial charge in [-0.3, -0.25) is 0 Å². The van der Waals surface area contributed by atoms with E-state index in [1.54, 1.807) is 0 Å². The van der Waals surface area contributed by atoms with Gasteiger partial charge in [-0.1, -0.05) is 6.07 Å². The van der Waals surface area contributed by atoms with Crippen LogP contribution in [0.5, 0.6) is 11.5 Å². The molecule has 1 atom stereocenters. The van der Waals surface area contributed by atoms with Gasteiger partial charge in [-0.25, -0.2) is 0 Å². The van der Waals surface area contributed by atoms with Crippen molar-refractivity contribution in [1.29, 1.82) is 0 Å². The maximum absolute atomic E-state index is 5.64. The quantitative estimate of drug-likeness (QED) is 0.748. The van der Waals surface area contributed by atoms with E-state index < -0.39 is 0 Å². The van der Waals surface area contributed by atoms with Crippen molar-refractivity contribution in [3.05, 3.63) is 23.8 Å². The molecular weight excluding hydrogens is 266 g/mol. The summed E-state index contributed by atoms with van der Waals surface area (Å²) in [6, 6.07) is 6.50. The first kappa shape index (κ1) is 14.7. The zero-order valence-electron chi connectivity index (χ0n) is 12.8.